The van der Waals surface area contributed by atoms with E-state index < -0.39 is 12.0 Å². The van der Waals surface area contributed by atoms with E-state index in [9.17, 15) is 4.79 Å². The minimum atomic E-state index is -0.658. The maximum absolute atomic E-state index is 11.7. The minimum Gasteiger partial charge on any atom is -0.462 e. The molecule has 100 valence electrons. The largest absolute Gasteiger partial charge is 0.462 e. The zero-order valence-corrected chi connectivity index (χ0v) is 10.3. The van der Waals surface area contributed by atoms with Crippen LogP contribution >= 0.6 is 0 Å². The van der Waals surface area contributed by atoms with Crippen molar-refractivity contribution in [1.29, 1.82) is 0 Å². The molecule has 18 heavy (non-hydrogen) atoms. The number of H-pyrrole nitrogens is 1. The molecule has 2 atom stereocenters. The number of carbonyl (C=O) groups excluding carboxylic acids is 1. The summed E-state index contributed by atoms with van der Waals surface area (Å²) in [6, 6.07) is -0.658. The Bertz CT molecular complexity index is 361. The van der Waals surface area contributed by atoms with Gasteiger partial charge in [-0.25, -0.2) is 4.98 Å². The predicted molar refractivity (Wildman–Crippen MR) is 64.8 cm³/mol. The maximum Gasteiger partial charge on any atom is 0.323 e. The molecule has 0 aliphatic carbocycles. The van der Waals surface area contributed by atoms with E-state index in [1.165, 1.54) is 0 Å². The van der Waals surface area contributed by atoms with Crippen LogP contribution < -0.4 is 5.73 Å². The van der Waals surface area contributed by atoms with Crippen LogP contribution in [-0.4, -0.2) is 41.3 Å². The molecular formula is C12H19N3O3. The fourth-order valence-corrected chi connectivity index (χ4v) is 1.94. The zero-order chi connectivity index (χ0) is 12.8. The smallest absolute Gasteiger partial charge is 0.323 e. The topological polar surface area (TPSA) is 90.2 Å². The van der Waals surface area contributed by atoms with Gasteiger partial charge >= 0.3 is 5.97 Å². The van der Waals surface area contributed by atoms with Gasteiger partial charge in [-0.3, -0.25) is 4.79 Å². The summed E-state index contributed by atoms with van der Waals surface area (Å²) in [5, 5.41) is 0. The van der Waals surface area contributed by atoms with Crippen LogP contribution in [0.5, 0.6) is 0 Å². The highest BCUT2D eigenvalue weighted by Gasteiger charge is 2.20. The molecule has 0 saturated carbocycles. The molecule has 0 bridgehead atoms. The van der Waals surface area contributed by atoms with Crippen molar-refractivity contribution in [2.24, 2.45) is 5.73 Å². The van der Waals surface area contributed by atoms with Gasteiger partial charge in [0, 0.05) is 24.9 Å². The minimum absolute atomic E-state index is 0.0297. The molecular weight excluding hydrogens is 234 g/mol. The van der Waals surface area contributed by atoms with E-state index in [1.807, 2.05) is 0 Å². The number of aromatic amines is 1. The van der Waals surface area contributed by atoms with Crippen LogP contribution in [0.25, 0.3) is 0 Å². The Hall–Kier alpha value is -1.40. The van der Waals surface area contributed by atoms with Crippen molar-refractivity contribution in [3.63, 3.8) is 0 Å². The molecule has 1 fully saturated rings. The van der Waals surface area contributed by atoms with E-state index in [4.69, 9.17) is 15.2 Å². The van der Waals surface area contributed by atoms with E-state index in [0.29, 0.717) is 13.0 Å². The Morgan fingerprint density at radius 1 is 1.67 bits per heavy atom. The third-order valence-corrected chi connectivity index (χ3v) is 2.98. The molecule has 1 unspecified atom stereocenters. The lowest BCUT2D eigenvalue weighted by atomic mass is 10.1. The van der Waals surface area contributed by atoms with Gasteiger partial charge in [0.2, 0.25) is 0 Å². The summed E-state index contributed by atoms with van der Waals surface area (Å²) < 4.78 is 10.6. The Kier molecular flexibility index (Phi) is 4.72. The fraction of sp³-hybridized carbons (Fsp3) is 0.667. The maximum atomic E-state index is 11.7. The Morgan fingerprint density at radius 3 is 3.22 bits per heavy atom. The monoisotopic (exact) mass is 253 g/mol. The van der Waals surface area contributed by atoms with Crippen molar-refractivity contribution < 1.29 is 14.3 Å². The van der Waals surface area contributed by atoms with Gasteiger partial charge in [0.1, 0.15) is 12.6 Å². The number of nitrogens with zero attached hydrogens (tertiary/aromatic N) is 1. The number of nitrogens with two attached hydrogens (primary N) is 1. The molecule has 0 aromatic carbocycles. The van der Waals surface area contributed by atoms with Gasteiger partial charge in [-0.1, -0.05) is 0 Å². The molecule has 1 aromatic heterocycles. The first-order valence-electron chi connectivity index (χ1n) is 6.27. The van der Waals surface area contributed by atoms with Gasteiger partial charge in [0.05, 0.1) is 12.4 Å². The van der Waals surface area contributed by atoms with Crippen LogP contribution in [0.4, 0.5) is 0 Å². The van der Waals surface area contributed by atoms with Crippen molar-refractivity contribution in [1.82, 2.24) is 9.97 Å². The van der Waals surface area contributed by atoms with Gasteiger partial charge in [-0.15, -0.1) is 0 Å². The van der Waals surface area contributed by atoms with Crippen LogP contribution in [0.3, 0.4) is 0 Å². The molecule has 6 heteroatoms. The van der Waals surface area contributed by atoms with Crippen molar-refractivity contribution >= 4 is 5.97 Å². The summed E-state index contributed by atoms with van der Waals surface area (Å²) in [6.07, 6.45) is 6.81. The summed E-state index contributed by atoms with van der Waals surface area (Å²) in [5.74, 6) is -0.390. The zero-order valence-electron chi connectivity index (χ0n) is 10.3. The standard InChI is InChI=1S/C12H19N3O3/c13-11(5-9-6-14-8-15-9)12(16)18-7-10-3-1-2-4-17-10/h6,8,10-11H,1-5,7,13H2,(H,14,15)/t10?,11-/m0/s1. The lowest BCUT2D eigenvalue weighted by molar-refractivity contribution is -0.150. The second kappa shape index (κ2) is 6.51. The fourth-order valence-electron chi connectivity index (χ4n) is 1.94. The second-order valence-corrected chi connectivity index (χ2v) is 4.51. The first kappa shape index (κ1) is 13.0. The Labute approximate surface area is 106 Å². The number of rotatable bonds is 5. The van der Waals surface area contributed by atoms with Crippen molar-refractivity contribution in [3.8, 4) is 0 Å². The second-order valence-electron chi connectivity index (χ2n) is 4.51. The molecule has 2 heterocycles. The highest BCUT2D eigenvalue weighted by atomic mass is 16.6. The summed E-state index contributed by atoms with van der Waals surface area (Å²) in [4.78, 5) is 18.5. The lowest BCUT2D eigenvalue weighted by Gasteiger charge is -2.22. The van der Waals surface area contributed by atoms with E-state index in [1.54, 1.807) is 12.5 Å². The molecule has 1 saturated heterocycles. The number of nitrogens with one attached hydrogen (secondary N) is 1. The molecule has 1 aliphatic rings. The third-order valence-electron chi connectivity index (χ3n) is 2.98. The van der Waals surface area contributed by atoms with Crippen LogP contribution in [0.15, 0.2) is 12.5 Å². The number of ether oxygens (including phenoxy) is 2. The van der Waals surface area contributed by atoms with Gasteiger partial charge in [0.15, 0.2) is 0 Å². The van der Waals surface area contributed by atoms with Gasteiger partial charge in [-0.05, 0) is 19.3 Å². The number of hydrogen-bond acceptors (Lipinski definition) is 5. The lowest BCUT2D eigenvalue weighted by Crippen LogP contribution is -2.36. The average molecular weight is 253 g/mol. The van der Waals surface area contributed by atoms with Gasteiger partial charge in [-0.2, -0.15) is 0 Å². The first-order valence-corrected chi connectivity index (χ1v) is 6.27. The van der Waals surface area contributed by atoms with Crippen molar-refractivity contribution in [2.45, 2.75) is 37.8 Å². The highest BCUT2D eigenvalue weighted by Crippen LogP contribution is 2.13. The summed E-state index contributed by atoms with van der Waals surface area (Å²) in [7, 11) is 0. The number of aromatic nitrogens is 2. The quantitative estimate of drug-likeness (QED) is 0.741. The highest BCUT2D eigenvalue weighted by molar-refractivity contribution is 5.75. The van der Waals surface area contributed by atoms with E-state index in [0.717, 1.165) is 31.6 Å². The normalized spacial score (nSPS) is 21.5. The average Bonchev–Trinajstić information content (AvgIpc) is 2.90. The number of imidazole rings is 1. The number of esters is 1. The Balaban J connectivity index is 1.70. The molecule has 0 radical (unpaired) electrons. The third kappa shape index (κ3) is 3.82. The molecule has 0 amide bonds. The van der Waals surface area contributed by atoms with Crippen molar-refractivity contribution in [2.75, 3.05) is 13.2 Å². The number of hydrogen-bond donors (Lipinski definition) is 2. The van der Waals surface area contributed by atoms with E-state index in [2.05, 4.69) is 9.97 Å². The van der Waals surface area contributed by atoms with Crippen LogP contribution in [0, 0.1) is 0 Å². The van der Waals surface area contributed by atoms with Gasteiger partial charge in [0.25, 0.3) is 0 Å². The molecule has 0 spiro atoms. The van der Waals surface area contributed by atoms with Crippen LogP contribution in [0.2, 0.25) is 0 Å². The Morgan fingerprint density at radius 2 is 2.56 bits per heavy atom. The SMILES string of the molecule is N[C@@H](Cc1cnc[nH]1)C(=O)OCC1CCCCO1. The molecule has 3 N–H and O–H groups in total. The van der Waals surface area contributed by atoms with Gasteiger partial charge < -0.3 is 20.2 Å². The first-order chi connectivity index (χ1) is 8.75. The van der Waals surface area contributed by atoms with Crippen LogP contribution in [-0.2, 0) is 20.7 Å². The molecule has 1 aromatic rings. The van der Waals surface area contributed by atoms with E-state index >= 15 is 0 Å². The molecule has 2 rings (SSSR count). The van der Waals surface area contributed by atoms with Crippen LogP contribution in [0.1, 0.15) is 25.0 Å². The summed E-state index contributed by atoms with van der Waals surface area (Å²) >= 11 is 0. The summed E-state index contributed by atoms with van der Waals surface area (Å²) in [5.41, 5.74) is 6.59. The van der Waals surface area contributed by atoms with E-state index in [-0.39, 0.29) is 6.10 Å². The predicted octanol–water partition coefficient (Wildman–Crippen LogP) is 0.392. The van der Waals surface area contributed by atoms with Crippen molar-refractivity contribution in [3.05, 3.63) is 18.2 Å². The summed E-state index contributed by atoms with van der Waals surface area (Å²) in [6.45, 7) is 1.05. The molecule has 6 nitrogen and oxygen atoms in total. The number of carbonyl (C=O) groups is 1. The molecule has 1 aliphatic heterocycles.